The predicted octanol–water partition coefficient (Wildman–Crippen LogP) is 4.16. The number of benzene rings is 1. The van der Waals surface area contributed by atoms with Gasteiger partial charge in [0.05, 0.1) is 12.8 Å². The van der Waals surface area contributed by atoms with Crippen molar-refractivity contribution in [1.82, 2.24) is 4.98 Å². The number of nitrogens with zero attached hydrogens (tertiary/aromatic N) is 3. The van der Waals surface area contributed by atoms with Crippen LogP contribution in [0.15, 0.2) is 24.4 Å². The third-order valence-electron chi connectivity index (χ3n) is 5.10. The van der Waals surface area contributed by atoms with Gasteiger partial charge in [-0.05, 0) is 37.8 Å². The van der Waals surface area contributed by atoms with Crippen LogP contribution >= 0.6 is 11.3 Å². The highest BCUT2D eigenvalue weighted by molar-refractivity contribution is 7.81. The summed E-state index contributed by atoms with van der Waals surface area (Å²) in [5.74, 6) is -2.54. The lowest BCUT2D eigenvalue weighted by Crippen LogP contribution is -2.38. The molecule has 1 aromatic heterocycles. The van der Waals surface area contributed by atoms with Crippen LogP contribution in [0.1, 0.15) is 32.6 Å². The Morgan fingerprint density at radius 1 is 1.30 bits per heavy atom. The Morgan fingerprint density at radius 2 is 2.03 bits per heavy atom. The molecule has 13 heteroatoms. The van der Waals surface area contributed by atoms with Crippen LogP contribution in [0.5, 0.6) is 0 Å². The lowest BCUT2D eigenvalue weighted by Gasteiger charge is -2.25. The van der Waals surface area contributed by atoms with Gasteiger partial charge in [-0.3, -0.25) is 19.6 Å². The Morgan fingerprint density at radius 3 is 2.67 bits per heavy atom. The van der Waals surface area contributed by atoms with E-state index in [4.69, 9.17) is 4.74 Å². The van der Waals surface area contributed by atoms with Gasteiger partial charge in [0.2, 0.25) is 0 Å². The van der Waals surface area contributed by atoms with E-state index in [1.54, 1.807) is 6.92 Å². The fraction of sp³-hybridized carbons (Fsp3) is 0.450. The summed E-state index contributed by atoms with van der Waals surface area (Å²) < 4.78 is 54.1. The van der Waals surface area contributed by atoms with Crippen molar-refractivity contribution in [2.75, 3.05) is 34.2 Å². The summed E-state index contributed by atoms with van der Waals surface area (Å²) in [4.78, 5) is 30.1. The molecule has 3 rings (SSSR count). The maximum atomic E-state index is 13.8. The Hall–Kier alpha value is -2.64. The summed E-state index contributed by atoms with van der Waals surface area (Å²) in [5, 5.41) is 2.86. The molecule has 1 aliphatic rings. The quantitative estimate of drug-likeness (QED) is 0.393. The smallest absolute Gasteiger partial charge is 0.328 e. The summed E-state index contributed by atoms with van der Waals surface area (Å²) in [6.07, 6.45) is 5.19. The monoisotopic (exact) mass is 502 g/mol. The second-order valence-corrected chi connectivity index (χ2v) is 9.28. The van der Waals surface area contributed by atoms with E-state index in [1.807, 2.05) is 0 Å². The van der Waals surface area contributed by atoms with Crippen molar-refractivity contribution < 1.29 is 31.9 Å². The number of carbonyl (C=O) groups excluding carboxylic acids is 2. The Kier molecular flexibility index (Phi) is 8.69. The van der Waals surface area contributed by atoms with Crippen LogP contribution in [-0.2, 0) is 20.8 Å². The number of anilines is 3. The van der Waals surface area contributed by atoms with Gasteiger partial charge in [0, 0.05) is 18.3 Å². The Labute approximate surface area is 196 Å². The van der Waals surface area contributed by atoms with Crippen molar-refractivity contribution in [3.8, 4) is 0 Å². The SMILES string of the molecule is CCOC(=O)CN(c1cnc(NC(=O)N(CC2CCCC2)c2ccc(F)c(F)c2)s1)S(=O)O. The van der Waals surface area contributed by atoms with E-state index in [-0.39, 0.29) is 28.3 Å². The number of thiazole rings is 1. The van der Waals surface area contributed by atoms with Gasteiger partial charge in [-0.25, -0.2) is 27.1 Å². The number of urea groups is 1. The molecule has 2 amide bonds. The molecule has 1 fully saturated rings. The van der Waals surface area contributed by atoms with Crippen LogP contribution in [0.25, 0.3) is 0 Å². The van der Waals surface area contributed by atoms with Gasteiger partial charge in [-0.1, -0.05) is 24.2 Å². The minimum absolute atomic E-state index is 0.105. The molecule has 1 atom stereocenters. The minimum atomic E-state index is -2.52. The van der Waals surface area contributed by atoms with Crippen LogP contribution in [0, 0.1) is 17.6 Å². The van der Waals surface area contributed by atoms with E-state index in [0.29, 0.717) is 6.54 Å². The maximum absolute atomic E-state index is 13.8. The fourth-order valence-corrected chi connectivity index (χ4v) is 4.97. The molecule has 1 heterocycles. The largest absolute Gasteiger partial charge is 0.465 e. The molecule has 9 nitrogen and oxygen atoms in total. The summed E-state index contributed by atoms with van der Waals surface area (Å²) in [5.41, 5.74) is 0.204. The summed E-state index contributed by atoms with van der Waals surface area (Å²) >= 11 is -1.64. The van der Waals surface area contributed by atoms with Gasteiger partial charge >= 0.3 is 12.0 Å². The number of hydrogen-bond acceptors (Lipinski definition) is 6. The van der Waals surface area contributed by atoms with Gasteiger partial charge in [0.15, 0.2) is 16.8 Å². The van der Waals surface area contributed by atoms with Gasteiger partial charge in [-0.2, -0.15) is 0 Å². The summed E-state index contributed by atoms with van der Waals surface area (Å²) in [7, 11) is 0. The topological polar surface area (TPSA) is 112 Å². The van der Waals surface area contributed by atoms with E-state index >= 15 is 0 Å². The zero-order valence-corrected chi connectivity index (χ0v) is 19.5. The number of halogens is 2. The molecule has 0 spiro atoms. The third-order valence-corrected chi connectivity index (χ3v) is 6.85. The molecular formula is C20H24F2N4O5S2. The van der Waals surface area contributed by atoms with E-state index in [9.17, 15) is 27.1 Å². The van der Waals surface area contributed by atoms with Gasteiger partial charge < -0.3 is 4.74 Å². The lowest BCUT2D eigenvalue weighted by atomic mass is 10.1. The number of hydrogen-bond donors (Lipinski definition) is 2. The first-order valence-corrected chi connectivity index (χ1v) is 12.2. The van der Waals surface area contributed by atoms with E-state index in [1.165, 1.54) is 17.2 Å². The molecule has 2 N–H and O–H groups in total. The van der Waals surface area contributed by atoms with Crippen LogP contribution < -0.4 is 14.5 Å². The molecule has 1 unspecified atom stereocenters. The van der Waals surface area contributed by atoms with Gasteiger partial charge in [0.25, 0.3) is 11.3 Å². The Balaban J connectivity index is 1.77. The number of amides is 2. The van der Waals surface area contributed by atoms with Gasteiger partial charge in [0.1, 0.15) is 11.5 Å². The molecule has 1 aliphatic carbocycles. The normalized spacial score (nSPS) is 14.7. The zero-order valence-electron chi connectivity index (χ0n) is 17.8. The predicted molar refractivity (Wildman–Crippen MR) is 122 cm³/mol. The average Bonchev–Trinajstić information content (AvgIpc) is 3.44. The van der Waals surface area contributed by atoms with Crippen molar-refractivity contribution in [3.63, 3.8) is 0 Å². The van der Waals surface area contributed by atoms with Crippen molar-refractivity contribution >= 4 is 50.4 Å². The van der Waals surface area contributed by atoms with Crippen molar-refractivity contribution in [2.24, 2.45) is 5.92 Å². The lowest BCUT2D eigenvalue weighted by molar-refractivity contribution is -0.141. The van der Waals surface area contributed by atoms with E-state index in [2.05, 4.69) is 10.3 Å². The fourth-order valence-electron chi connectivity index (χ4n) is 3.54. The van der Waals surface area contributed by atoms with E-state index in [0.717, 1.165) is 53.5 Å². The van der Waals surface area contributed by atoms with Crippen molar-refractivity contribution in [3.05, 3.63) is 36.0 Å². The number of esters is 1. The van der Waals surface area contributed by atoms with Crippen molar-refractivity contribution in [1.29, 1.82) is 0 Å². The van der Waals surface area contributed by atoms with Crippen LogP contribution in [0.2, 0.25) is 0 Å². The number of nitrogens with one attached hydrogen (secondary N) is 1. The van der Waals surface area contributed by atoms with E-state index < -0.39 is 41.4 Å². The number of ether oxygens (including phenoxy) is 1. The zero-order chi connectivity index (χ0) is 24.0. The van der Waals surface area contributed by atoms with Crippen LogP contribution in [0.4, 0.5) is 29.4 Å². The second kappa shape index (κ2) is 11.5. The van der Waals surface area contributed by atoms with Crippen molar-refractivity contribution in [2.45, 2.75) is 32.6 Å². The molecule has 0 radical (unpaired) electrons. The third kappa shape index (κ3) is 6.68. The number of aromatic nitrogens is 1. The first kappa shape index (κ1) is 25.0. The highest BCUT2D eigenvalue weighted by Crippen LogP contribution is 2.31. The number of rotatable bonds is 9. The Bertz CT molecular complexity index is 1020. The first-order valence-electron chi connectivity index (χ1n) is 10.3. The summed E-state index contributed by atoms with van der Waals surface area (Å²) in [6, 6.07) is 2.66. The molecule has 0 bridgehead atoms. The highest BCUT2D eigenvalue weighted by atomic mass is 32.2. The molecular weight excluding hydrogens is 478 g/mol. The molecule has 1 saturated carbocycles. The molecule has 0 saturated heterocycles. The van der Waals surface area contributed by atoms with Gasteiger partial charge in [-0.15, -0.1) is 0 Å². The average molecular weight is 503 g/mol. The molecule has 0 aliphatic heterocycles. The van der Waals surface area contributed by atoms with Crippen LogP contribution in [-0.4, -0.2) is 45.4 Å². The number of carbonyl (C=O) groups is 2. The molecule has 1 aromatic carbocycles. The first-order chi connectivity index (χ1) is 15.8. The highest BCUT2D eigenvalue weighted by Gasteiger charge is 2.26. The maximum Gasteiger partial charge on any atom is 0.328 e. The molecule has 33 heavy (non-hydrogen) atoms. The van der Waals surface area contributed by atoms with Crippen LogP contribution in [0.3, 0.4) is 0 Å². The standard InChI is InChI=1S/C20H24F2N4O5S2/c1-2-31-18(27)12-26(33(29)30)17-10-23-19(32-17)24-20(28)25(11-13-5-3-4-6-13)14-7-8-15(21)16(22)9-14/h7-10,13H,2-6,11-12H2,1H3,(H,29,30)(H,23,24,28). The molecule has 180 valence electrons. The molecule has 2 aromatic rings. The second-order valence-electron chi connectivity index (χ2n) is 7.37. The minimum Gasteiger partial charge on any atom is -0.465 e. The summed E-state index contributed by atoms with van der Waals surface area (Å²) in [6.45, 7) is 1.58.